The summed E-state index contributed by atoms with van der Waals surface area (Å²) < 4.78 is 5.64. The number of nitrogens with one attached hydrogen (secondary N) is 1. The molecule has 0 aliphatic carbocycles. The Morgan fingerprint density at radius 3 is 2.94 bits per heavy atom. The number of hydrogen-bond donors (Lipinski definition) is 2. The second-order valence-corrected chi connectivity index (χ2v) is 4.57. The minimum Gasteiger partial charge on any atom is -0.383 e. The van der Waals surface area contributed by atoms with Gasteiger partial charge in [0.2, 0.25) is 0 Å². The van der Waals surface area contributed by atoms with E-state index < -0.39 is 0 Å². The summed E-state index contributed by atoms with van der Waals surface area (Å²) in [6.07, 6.45) is 3.69. The van der Waals surface area contributed by atoms with Gasteiger partial charge in [-0.15, -0.1) is 0 Å². The van der Waals surface area contributed by atoms with E-state index in [-0.39, 0.29) is 24.3 Å². The zero-order valence-electron chi connectivity index (χ0n) is 10.6. The van der Waals surface area contributed by atoms with Crippen molar-refractivity contribution in [3.8, 4) is 0 Å². The van der Waals surface area contributed by atoms with Crippen molar-refractivity contribution in [2.75, 3.05) is 25.4 Å². The third-order valence-corrected chi connectivity index (χ3v) is 3.20. The van der Waals surface area contributed by atoms with Gasteiger partial charge in [-0.2, -0.15) is 0 Å². The molecule has 2 rings (SSSR count). The van der Waals surface area contributed by atoms with Crippen molar-refractivity contribution in [2.45, 2.75) is 25.9 Å². The molecule has 0 saturated carbocycles. The van der Waals surface area contributed by atoms with E-state index in [0.29, 0.717) is 5.56 Å². The van der Waals surface area contributed by atoms with Crippen LogP contribution in [0.2, 0.25) is 0 Å². The van der Waals surface area contributed by atoms with Crippen molar-refractivity contribution in [3.63, 3.8) is 0 Å². The first-order chi connectivity index (χ1) is 8.68. The molecule has 18 heavy (non-hydrogen) atoms. The number of aromatic nitrogens is 1. The molecule has 0 radical (unpaired) electrons. The van der Waals surface area contributed by atoms with Gasteiger partial charge in [-0.3, -0.25) is 4.79 Å². The lowest BCUT2D eigenvalue weighted by atomic mass is 10.1. The predicted molar refractivity (Wildman–Crippen MR) is 69.6 cm³/mol. The zero-order valence-corrected chi connectivity index (χ0v) is 10.6. The maximum atomic E-state index is 12.1. The Hall–Kier alpha value is -1.46. The molecule has 0 spiro atoms. The highest BCUT2D eigenvalue weighted by molar-refractivity contribution is 6.02. The standard InChI is InChI=1S/C13H19N3O2/c1-9-2-7-16-13(14)12(9)11(17)8-18-10-3-5-15-6-4-10/h2,7,10,15H,3-6,8H2,1H3,(H2,14,16). The van der Waals surface area contributed by atoms with E-state index in [1.165, 1.54) is 0 Å². The minimum absolute atomic E-state index is 0.0847. The minimum atomic E-state index is -0.0865. The summed E-state index contributed by atoms with van der Waals surface area (Å²) in [6.45, 7) is 3.84. The number of ketones is 1. The van der Waals surface area contributed by atoms with Crippen LogP contribution < -0.4 is 11.1 Å². The van der Waals surface area contributed by atoms with Crippen LogP contribution in [0.5, 0.6) is 0 Å². The normalized spacial score (nSPS) is 16.7. The van der Waals surface area contributed by atoms with E-state index in [2.05, 4.69) is 10.3 Å². The first-order valence-corrected chi connectivity index (χ1v) is 6.25. The van der Waals surface area contributed by atoms with Gasteiger partial charge in [0.25, 0.3) is 0 Å². The summed E-state index contributed by atoms with van der Waals surface area (Å²) in [6, 6.07) is 1.79. The average molecular weight is 249 g/mol. The lowest BCUT2D eigenvalue weighted by Gasteiger charge is -2.22. The smallest absolute Gasteiger partial charge is 0.192 e. The summed E-state index contributed by atoms with van der Waals surface area (Å²) in [5, 5.41) is 3.26. The number of aryl methyl sites for hydroxylation is 1. The van der Waals surface area contributed by atoms with Crippen LogP contribution in [0.3, 0.4) is 0 Å². The molecule has 1 aliphatic rings. The van der Waals surface area contributed by atoms with E-state index in [9.17, 15) is 4.79 Å². The quantitative estimate of drug-likeness (QED) is 0.776. The molecule has 5 nitrogen and oxygen atoms in total. The highest BCUT2D eigenvalue weighted by Crippen LogP contribution is 2.15. The number of hydrogen-bond acceptors (Lipinski definition) is 5. The molecule has 0 unspecified atom stereocenters. The SMILES string of the molecule is Cc1ccnc(N)c1C(=O)COC1CCNCC1. The third kappa shape index (κ3) is 3.05. The van der Waals surface area contributed by atoms with Gasteiger partial charge in [-0.1, -0.05) is 0 Å². The maximum Gasteiger partial charge on any atom is 0.192 e. The Morgan fingerprint density at radius 1 is 1.56 bits per heavy atom. The van der Waals surface area contributed by atoms with Crippen LogP contribution >= 0.6 is 0 Å². The van der Waals surface area contributed by atoms with Crippen molar-refractivity contribution in [3.05, 3.63) is 23.4 Å². The second-order valence-electron chi connectivity index (χ2n) is 4.57. The molecule has 0 amide bonds. The van der Waals surface area contributed by atoms with Gasteiger partial charge in [0.15, 0.2) is 5.78 Å². The fraction of sp³-hybridized carbons (Fsp3) is 0.538. The number of nitrogens with zero attached hydrogens (tertiary/aromatic N) is 1. The number of carbonyl (C=O) groups is 1. The number of piperidine rings is 1. The van der Waals surface area contributed by atoms with Gasteiger partial charge in [-0.25, -0.2) is 4.98 Å². The van der Waals surface area contributed by atoms with E-state index in [1.54, 1.807) is 12.3 Å². The summed E-state index contributed by atoms with van der Waals surface area (Å²) in [7, 11) is 0. The lowest BCUT2D eigenvalue weighted by molar-refractivity contribution is 0.0317. The molecule has 3 N–H and O–H groups in total. The molecule has 1 aliphatic heterocycles. The van der Waals surface area contributed by atoms with Crippen molar-refractivity contribution in [2.24, 2.45) is 0 Å². The number of ether oxygens (including phenoxy) is 1. The van der Waals surface area contributed by atoms with Crippen LogP contribution in [0.15, 0.2) is 12.3 Å². The molecule has 98 valence electrons. The topological polar surface area (TPSA) is 77.2 Å². The van der Waals surface area contributed by atoms with Crippen molar-refractivity contribution < 1.29 is 9.53 Å². The summed E-state index contributed by atoms with van der Waals surface area (Å²) in [5.74, 6) is 0.200. The molecule has 1 aromatic heterocycles. The third-order valence-electron chi connectivity index (χ3n) is 3.20. The highest BCUT2D eigenvalue weighted by atomic mass is 16.5. The summed E-state index contributed by atoms with van der Waals surface area (Å²) >= 11 is 0. The van der Waals surface area contributed by atoms with Gasteiger partial charge in [0.1, 0.15) is 12.4 Å². The van der Waals surface area contributed by atoms with Crippen LogP contribution in [0, 0.1) is 6.92 Å². The fourth-order valence-electron chi connectivity index (χ4n) is 2.17. The van der Waals surface area contributed by atoms with E-state index in [0.717, 1.165) is 31.5 Å². The van der Waals surface area contributed by atoms with E-state index in [4.69, 9.17) is 10.5 Å². The summed E-state index contributed by atoms with van der Waals surface area (Å²) in [5.41, 5.74) is 7.07. The molecular formula is C13H19N3O2. The zero-order chi connectivity index (χ0) is 13.0. The van der Waals surface area contributed by atoms with Crippen LogP contribution in [-0.4, -0.2) is 36.6 Å². The number of pyridine rings is 1. The molecule has 0 aromatic carbocycles. The van der Waals surface area contributed by atoms with Crippen LogP contribution in [0.1, 0.15) is 28.8 Å². The monoisotopic (exact) mass is 249 g/mol. The fourth-order valence-corrected chi connectivity index (χ4v) is 2.17. The Balaban J connectivity index is 1.95. The maximum absolute atomic E-state index is 12.1. The molecule has 1 aromatic rings. The van der Waals surface area contributed by atoms with Crippen LogP contribution in [-0.2, 0) is 4.74 Å². The van der Waals surface area contributed by atoms with Gasteiger partial charge in [0.05, 0.1) is 11.7 Å². The van der Waals surface area contributed by atoms with Crippen molar-refractivity contribution in [1.82, 2.24) is 10.3 Å². The highest BCUT2D eigenvalue weighted by Gasteiger charge is 2.18. The molecule has 1 saturated heterocycles. The Labute approximate surface area is 107 Å². The van der Waals surface area contributed by atoms with Crippen molar-refractivity contribution >= 4 is 11.6 Å². The molecule has 2 heterocycles. The Morgan fingerprint density at radius 2 is 2.28 bits per heavy atom. The van der Waals surface area contributed by atoms with Crippen molar-refractivity contribution in [1.29, 1.82) is 0 Å². The molecule has 0 bridgehead atoms. The molecule has 0 atom stereocenters. The number of rotatable bonds is 4. The molecular weight excluding hydrogens is 230 g/mol. The predicted octanol–water partition coefficient (Wildman–Crippen LogP) is 0.924. The van der Waals surface area contributed by atoms with E-state index in [1.807, 2.05) is 6.92 Å². The van der Waals surface area contributed by atoms with Gasteiger partial charge in [-0.05, 0) is 44.5 Å². The molecule has 5 heteroatoms. The number of nitrogen functional groups attached to an aromatic ring is 1. The van der Waals surface area contributed by atoms with Crippen LogP contribution in [0.4, 0.5) is 5.82 Å². The lowest BCUT2D eigenvalue weighted by Crippen LogP contribution is -2.33. The number of anilines is 1. The number of carbonyl (C=O) groups excluding carboxylic acids is 1. The first-order valence-electron chi connectivity index (χ1n) is 6.25. The van der Waals surface area contributed by atoms with Gasteiger partial charge in [0, 0.05) is 6.20 Å². The first kappa shape index (κ1) is 13.0. The Kier molecular flexibility index (Phi) is 4.28. The number of nitrogens with two attached hydrogens (primary N) is 1. The van der Waals surface area contributed by atoms with Gasteiger partial charge < -0.3 is 15.8 Å². The number of Topliss-reactive ketones (excluding diaryl/α,β-unsaturated/α-hetero) is 1. The largest absolute Gasteiger partial charge is 0.383 e. The Bertz CT molecular complexity index is 408. The van der Waals surface area contributed by atoms with E-state index >= 15 is 0 Å². The molecule has 1 fully saturated rings. The summed E-state index contributed by atoms with van der Waals surface area (Å²) in [4.78, 5) is 16.0. The van der Waals surface area contributed by atoms with Gasteiger partial charge >= 0.3 is 0 Å². The average Bonchev–Trinajstić information content (AvgIpc) is 2.37. The van der Waals surface area contributed by atoms with Crippen LogP contribution in [0.25, 0.3) is 0 Å². The second kappa shape index (κ2) is 5.93.